The third kappa shape index (κ3) is 3.95. The molecule has 0 spiro atoms. The van der Waals surface area contributed by atoms with Crippen LogP contribution in [0, 0.1) is 11.4 Å². The number of aliphatic carboxylic acids is 1. The summed E-state index contributed by atoms with van der Waals surface area (Å²) < 4.78 is 0. The molecule has 0 bridgehead atoms. The fraction of sp³-hybridized carbons (Fsp3) is 0.727. The molecule has 0 radical (unpaired) electrons. The second-order valence-corrected chi connectivity index (χ2v) is 4.30. The van der Waals surface area contributed by atoms with Gasteiger partial charge < -0.3 is 9.90 Å². The molecule has 1 rings (SSSR count). The van der Waals surface area contributed by atoms with Gasteiger partial charge in [0.2, 0.25) is 4.91 Å². The van der Waals surface area contributed by atoms with E-state index in [1.807, 2.05) is 0 Å². The molecule has 1 aliphatic rings. The molecule has 1 saturated carbocycles. The van der Waals surface area contributed by atoms with E-state index in [0.29, 0.717) is 11.5 Å². The normalized spacial score (nSPS) is 25.9. The van der Waals surface area contributed by atoms with Crippen molar-refractivity contribution in [2.75, 3.05) is 0 Å². The van der Waals surface area contributed by atoms with E-state index in [1.165, 1.54) is 0 Å². The van der Waals surface area contributed by atoms with E-state index >= 15 is 0 Å². The summed E-state index contributed by atoms with van der Waals surface area (Å²) >= 11 is 0. The van der Waals surface area contributed by atoms with Crippen molar-refractivity contribution in [3.8, 4) is 0 Å². The summed E-state index contributed by atoms with van der Waals surface area (Å²) in [5.74, 6) is -0.553. The highest BCUT2D eigenvalue weighted by molar-refractivity contribution is 5.83. The first-order valence-electron chi connectivity index (χ1n) is 5.58. The maximum atomic E-state index is 10.5. The molecule has 5 nitrogen and oxygen atoms in total. The van der Waals surface area contributed by atoms with Crippen molar-refractivity contribution < 1.29 is 9.90 Å². The Kier molecular flexibility index (Phi) is 4.86. The number of rotatable bonds is 4. The van der Waals surface area contributed by atoms with E-state index in [1.54, 1.807) is 13.0 Å². The van der Waals surface area contributed by atoms with Gasteiger partial charge in [0.25, 0.3) is 0 Å². The molecule has 88 valence electrons. The van der Waals surface area contributed by atoms with Gasteiger partial charge in [0, 0.05) is 0 Å². The van der Waals surface area contributed by atoms with Crippen molar-refractivity contribution in [2.24, 2.45) is 11.0 Å². The van der Waals surface area contributed by atoms with Crippen LogP contribution in [0.1, 0.15) is 39.0 Å². The number of allylic oxidation sites excluding steroid dienone is 1. The largest absolute Gasteiger partial charge is 0.545 e. The first kappa shape index (κ1) is 12.6. The van der Waals surface area contributed by atoms with Gasteiger partial charge in [-0.1, -0.05) is 6.08 Å². The van der Waals surface area contributed by atoms with E-state index in [4.69, 9.17) is 5.53 Å². The molecule has 0 saturated heterocycles. The zero-order chi connectivity index (χ0) is 12.0. The molecule has 0 aliphatic heterocycles. The van der Waals surface area contributed by atoms with Gasteiger partial charge in [-0.3, -0.25) is 0 Å². The molecule has 16 heavy (non-hydrogen) atoms. The Morgan fingerprint density at radius 3 is 2.62 bits per heavy atom. The van der Waals surface area contributed by atoms with E-state index in [-0.39, 0.29) is 6.04 Å². The van der Waals surface area contributed by atoms with Crippen LogP contribution in [0.25, 0.3) is 0 Å². The highest BCUT2D eigenvalue weighted by Crippen LogP contribution is 2.28. The Morgan fingerprint density at radius 2 is 2.12 bits per heavy atom. The molecule has 1 aliphatic carbocycles. The Balaban J connectivity index is 2.35. The number of carboxylic acids is 1. The van der Waals surface area contributed by atoms with Crippen LogP contribution < -0.4 is 10.0 Å². The van der Waals surface area contributed by atoms with Gasteiger partial charge in [0.05, 0.1) is 5.97 Å². The molecule has 5 heteroatoms. The van der Waals surface area contributed by atoms with E-state index in [2.05, 4.69) is 10.0 Å². The average Bonchev–Trinajstić information content (AvgIpc) is 2.28. The fourth-order valence-electron chi connectivity index (χ4n) is 2.00. The lowest BCUT2D eigenvalue weighted by Crippen LogP contribution is -2.23. The fourth-order valence-corrected chi connectivity index (χ4v) is 2.00. The molecule has 0 aromatic carbocycles. The Bertz CT molecular complexity index is 324. The zero-order valence-corrected chi connectivity index (χ0v) is 9.48. The number of carboxylic acid groups (broad SMARTS) is 1. The van der Waals surface area contributed by atoms with Crippen LogP contribution in [-0.4, -0.2) is 12.0 Å². The standard InChI is InChI=1S/C11H17N3O2/c1-8(11(15)16)2-3-9-4-6-10(7-5-9)13-14-12/h2,9-10,12H,3-7H2,1H3. The van der Waals surface area contributed by atoms with Crippen molar-refractivity contribution in [3.05, 3.63) is 11.6 Å². The third-order valence-corrected chi connectivity index (χ3v) is 3.12. The molecule has 1 N–H and O–H groups in total. The highest BCUT2D eigenvalue weighted by atomic mass is 16.4. The number of hydrogen-bond acceptors (Lipinski definition) is 4. The molecule has 0 heterocycles. The first-order valence-corrected chi connectivity index (χ1v) is 5.58. The monoisotopic (exact) mass is 223 g/mol. The Labute approximate surface area is 94.8 Å². The number of hydrogen-bond donors (Lipinski definition) is 1. The summed E-state index contributed by atoms with van der Waals surface area (Å²) in [6.45, 7) is 1.56. The maximum absolute atomic E-state index is 10.5. The number of nitrogens with zero attached hydrogens (tertiary/aromatic N) is 2. The second-order valence-electron chi connectivity index (χ2n) is 4.30. The van der Waals surface area contributed by atoms with Crippen molar-refractivity contribution in [1.82, 2.24) is 4.91 Å². The number of nitrogens with one attached hydrogen (secondary N) is 1. The van der Waals surface area contributed by atoms with Gasteiger partial charge in [-0.2, -0.15) is 0 Å². The van der Waals surface area contributed by atoms with Crippen molar-refractivity contribution in [3.63, 3.8) is 0 Å². The van der Waals surface area contributed by atoms with Gasteiger partial charge in [0.15, 0.2) is 0 Å². The van der Waals surface area contributed by atoms with E-state index in [0.717, 1.165) is 32.1 Å². The molecule has 1 fully saturated rings. The zero-order valence-electron chi connectivity index (χ0n) is 9.48. The molecule has 0 aromatic heterocycles. The highest BCUT2D eigenvalue weighted by Gasteiger charge is 2.22. The van der Waals surface area contributed by atoms with Gasteiger partial charge in [0.1, 0.15) is 16.7 Å². The number of carbonyl (C=O) groups is 1. The molecular weight excluding hydrogens is 206 g/mol. The van der Waals surface area contributed by atoms with Crippen LogP contribution >= 0.6 is 0 Å². The van der Waals surface area contributed by atoms with Gasteiger partial charge in [-0.15, -0.1) is 0 Å². The van der Waals surface area contributed by atoms with Gasteiger partial charge >= 0.3 is 0 Å². The van der Waals surface area contributed by atoms with Crippen molar-refractivity contribution in [2.45, 2.75) is 45.1 Å². The van der Waals surface area contributed by atoms with Gasteiger partial charge in [-0.05, 0) is 50.5 Å². The molecule has 0 unspecified atom stereocenters. The SMILES string of the molecule is CC(=CCC1CCC(N=[N+]=N)CC1)C(=O)[O-]. The van der Waals surface area contributed by atoms with Crippen LogP contribution in [-0.2, 0) is 4.79 Å². The third-order valence-electron chi connectivity index (χ3n) is 3.12. The minimum absolute atomic E-state index is 0.194. The molecule has 0 amide bonds. The maximum Gasteiger partial charge on any atom is 0.214 e. The molecular formula is C11H17N3O2. The average molecular weight is 223 g/mol. The van der Waals surface area contributed by atoms with Crippen LogP contribution in [0.15, 0.2) is 16.8 Å². The summed E-state index contributed by atoms with van der Waals surface area (Å²) in [4.78, 5) is 13.5. The Hall–Kier alpha value is -1.48. The smallest absolute Gasteiger partial charge is 0.214 e. The molecule has 0 aromatic rings. The summed E-state index contributed by atoms with van der Waals surface area (Å²) in [7, 11) is 0. The summed E-state index contributed by atoms with van der Waals surface area (Å²) in [5, 5.41) is 14.3. The lowest BCUT2D eigenvalue weighted by atomic mass is 9.84. The lowest BCUT2D eigenvalue weighted by Gasteiger charge is -2.22. The molecule has 0 atom stereocenters. The predicted molar refractivity (Wildman–Crippen MR) is 56.4 cm³/mol. The first-order chi connectivity index (χ1) is 7.63. The summed E-state index contributed by atoms with van der Waals surface area (Å²) in [6.07, 6.45) is 6.49. The minimum atomic E-state index is -1.09. The van der Waals surface area contributed by atoms with E-state index < -0.39 is 5.97 Å². The quantitative estimate of drug-likeness (QED) is 0.440. The van der Waals surface area contributed by atoms with E-state index in [9.17, 15) is 9.90 Å². The van der Waals surface area contributed by atoms with Crippen LogP contribution in [0.2, 0.25) is 0 Å². The van der Waals surface area contributed by atoms with Crippen LogP contribution in [0.3, 0.4) is 0 Å². The summed E-state index contributed by atoms with van der Waals surface area (Å²) in [6, 6.07) is 0.194. The van der Waals surface area contributed by atoms with Crippen LogP contribution in [0.5, 0.6) is 0 Å². The van der Waals surface area contributed by atoms with Crippen molar-refractivity contribution >= 4 is 5.97 Å². The van der Waals surface area contributed by atoms with Crippen molar-refractivity contribution in [1.29, 1.82) is 5.53 Å². The Morgan fingerprint density at radius 1 is 1.50 bits per heavy atom. The lowest BCUT2D eigenvalue weighted by molar-refractivity contribution is -0.299. The second kappa shape index (κ2) is 6.18. The van der Waals surface area contributed by atoms with Gasteiger partial charge in [-0.25, -0.2) is 0 Å². The number of carbonyl (C=O) groups excluding carboxylic acids is 1. The predicted octanol–water partition coefficient (Wildman–Crippen LogP) is 1.18. The topological polar surface area (TPSA) is 90.4 Å². The summed E-state index contributed by atoms with van der Waals surface area (Å²) in [5.41, 5.74) is 6.96. The minimum Gasteiger partial charge on any atom is -0.545 e. The van der Waals surface area contributed by atoms with Crippen LogP contribution in [0.4, 0.5) is 0 Å².